The first-order chi connectivity index (χ1) is 11.4. The topological polar surface area (TPSA) is 108 Å². The molecule has 6 nitrogen and oxygen atoms in total. The molecule has 7 heteroatoms. The first kappa shape index (κ1) is 16.9. The molecule has 3 unspecified atom stereocenters. The minimum absolute atomic E-state index is 0.0762. The number of halogens is 1. The number of Topliss-reactive ketones (excluding diaryl/α,β-unsaturated/α-hetero) is 1. The van der Waals surface area contributed by atoms with Crippen molar-refractivity contribution in [2.24, 2.45) is 16.5 Å². The van der Waals surface area contributed by atoms with Crippen molar-refractivity contribution in [2.45, 2.75) is 49.8 Å². The van der Waals surface area contributed by atoms with Crippen molar-refractivity contribution < 1.29 is 14.3 Å². The first-order valence-electron chi connectivity index (χ1n) is 8.03. The van der Waals surface area contributed by atoms with Gasteiger partial charge in [-0.15, -0.1) is 0 Å². The Morgan fingerprint density at radius 2 is 2.21 bits per heavy atom. The number of nitrogens with zero attached hydrogens (tertiary/aromatic N) is 1. The van der Waals surface area contributed by atoms with Gasteiger partial charge in [0.25, 0.3) is 0 Å². The molecule has 1 aliphatic heterocycles. The van der Waals surface area contributed by atoms with Crippen LogP contribution in [0.1, 0.15) is 37.7 Å². The summed E-state index contributed by atoms with van der Waals surface area (Å²) >= 11 is 6.34. The SMILES string of the molecule is NC(=O)CCC(N)C1=NC2(c3ccccc3Cl)CCCC(O1)C2=O. The van der Waals surface area contributed by atoms with Gasteiger partial charge in [-0.1, -0.05) is 29.8 Å². The highest BCUT2D eigenvalue weighted by Gasteiger charge is 2.52. The molecule has 2 aliphatic rings. The number of hydrogen-bond donors (Lipinski definition) is 2. The third-order valence-electron chi connectivity index (χ3n) is 4.61. The van der Waals surface area contributed by atoms with Crippen LogP contribution in [0.25, 0.3) is 0 Å². The molecule has 4 N–H and O–H groups in total. The van der Waals surface area contributed by atoms with Gasteiger partial charge in [0, 0.05) is 17.0 Å². The number of benzene rings is 1. The van der Waals surface area contributed by atoms with Crippen LogP contribution < -0.4 is 11.5 Å². The second kappa shape index (κ2) is 6.53. The third kappa shape index (κ3) is 2.91. The normalized spacial score (nSPS) is 27.2. The van der Waals surface area contributed by atoms with Gasteiger partial charge in [0.05, 0.1) is 6.04 Å². The number of rotatable bonds is 5. The van der Waals surface area contributed by atoms with E-state index in [4.69, 9.17) is 27.8 Å². The Morgan fingerprint density at radius 1 is 1.46 bits per heavy atom. The fraction of sp³-hybridized carbons (Fsp3) is 0.471. The van der Waals surface area contributed by atoms with Crippen molar-refractivity contribution in [3.8, 4) is 0 Å². The average Bonchev–Trinajstić information content (AvgIpc) is 2.53. The minimum atomic E-state index is -1.04. The molecule has 0 spiro atoms. The highest BCUT2D eigenvalue weighted by atomic mass is 35.5. The monoisotopic (exact) mass is 349 g/mol. The Labute approximate surface area is 145 Å². The van der Waals surface area contributed by atoms with E-state index in [1.807, 2.05) is 18.2 Å². The van der Waals surface area contributed by atoms with Crippen molar-refractivity contribution in [3.63, 3.8) is 0 Å². The number of carbonyl (C=O) groups excluding carboxylic acids is 2. The number of carbonyl (C=O) groups is 2. The molecular weight excluding hydrogens is 330 g/mol. The lowest BCUT2D eigenvalue weighted by molar-refractivity contribution is -0.137. The maximum atomic E-state index is 12.9. The molecule has 2 bridgehead atoms. The summed E-state index contributed by atoms with van der Waals surface area (Å²) in [6.45, 7) is 0. The van der Waals surface area contributed by atoms with Crippen molar-refractivity contribution >= 4 is 29.2 Å². The number of ether oxygens (including phenoxy) is 1. The molecule has 3 atom stereocenters. The number of aliphatic imine (C=N–C) groups is 1. The number of ketones is 1. The molecule has 3 rings (SSSR count). The number of amides is 1. The first-order valence-corrected chi connectivity index (χ1v) is 8.41. The summed E-state index contributed by atoms with van der Waals surface area (Å²) in [7, 11) is 0. The highest BCUT2D eigenvalue weighted by Crippen LogP contribution is 2.44. The van der Waals surface area contributed by atoms with Crippen LogP contribution in [0.3, 0.4) is 0 Å². The largest absolute Gasteiger partial charge is 0.468 e. The second-order valence-corrected chi connectivity index (χ2v) is 6.67. The van der Waals surface area contributed by atoms with Gasteiger partial charge < -0.3 is 16.2 Å². The zero-order chi connectivity index (χ0) is 17.3. The van der Waals surface area contributed by atoms with Crippen LogP contribution >= 0.6 is 11.6 Å². The van der Waals surface area contributed by atoms with Crippen molar-refractivity contribution in [3.05, 3.63) is 34.9 Å². The quantitative estimate of drug-likeness (QED) is 0.842. The Kier molecular flexibility index (Phi) is 4.60. The lowest BCUT2D eigenvalue weighted by Gasteiger charge is -2.42. The van der Waals surface area contributed by atoms with Crippen molar-refractivity contribution in [1.29, 1.82) is 0 Å². The number of primary amides is 1. The van der Waals surface area contributed by atoms with Crippen LogP contribution in [0, 0.1) is 0 Å². The van der Waals surface area contributed by atoms with E-state index in [-0.39, 0.29) is 12.2 Å². The minimum Gasteiger partial charge on any atom is -0.468 e. The van der Waals surface area contributed by atoms with Gasteiger partial charge >= 0.3 is 0 Å². The van der Waals surface area contributed by atoms with Gasteiger partial charge in [0.2, 0.25) is 17.6 Å². The van der Waals surface area contributed by atoms with Crippen LogP contribution in [-0.4, -0.2) is 29.7 Å². The molecule has 1 heterocycles. The molecule has 24 heavy (non-hydrogen) atoms. The number of nitrogens with two attached hydrogens (primary N) is 2. The third-order valence-corrected chi connectivity index (χ3v) is 4.94. The number of fused-ring (bicyclic) bond motifs is 2. The summed E-state index contributed by atoms with van der Waals surface area (Å²) in [6, 6.07) is 6.65. The predicted octanol–water partition coefficient (Wildman–Crippen LogP) is 1.68. The van der Waals surface area contributed by atoms with E-state index >= 15 is 0 Å². The fourth-order valence-electron chi connectivity index (χ4n) is 3.36. The highest BCUT2D eigenvalue weighted by molar-refractivity contribution is 6.32. The summed E-state index contributed by atoms with van der Waals surface area (Å²) in [5.41, 5.74) is 10.9. The van der Waals surface area contributed by atoms with Crippen LogP contribution in [0.2, 0.25) is 5.02 Å². The Morgan fingerprint density at radius 3 is 2.92 bits per heavy atom. The van der Waals surface area contributed by atoms with Crippen LogP contribution in [0.4, 0.5) is 0 Å². The lowest BCUT2D eigenvalue weighted by Crippen LogP contribution is -2.54. The maximum Gasteiger partial charge on any atom is 0.217 e. The van der Waals surface area contributed by atoms with E-state index in [0.717, 1.165) is 6.42 Å². The molecule has 1 saturated carbocycles. The van der Waals surface area contributed by atoms with E-state index in [9.17, 15) is 9.59 Å². The summed E-state index contributed by atoms with van der Waals surface area (Å²) in [5, 5.41) is 0.502. The van der Waals surface area contributed by atoms with Crippen LogP contribution in [-0.2, 0) is 19.9 Å². The van der Waals surface area contributed by atoms with Gasteiger partial charge in [-0.05, 0) is 31.7 Å². The Hall–Kier alpha value is -1.92. The lowest BCUT2D eigenvalue weighted by atomic mass is 9.73. The van der Waals surface area contributed by atoms with Crippen LogP contribution in [0.5, 0.6) is 0 Å². The predicted molar refractivity (Wildman–Crippen MR) is 90.7 cm³/mol. The molecule has 1 fully saturated rings. The van der Waals surface area contributed by atoms with Gasteiger partial charge in [-0.3, -0.25) is 9.59 Å². The van der Waals surface area contributed by atoms with Gasteiger partial charge in [-0.2, -0.15) is 0 Å². The molecule has 1 aliphatic carbocycles. The molecule has 1 aromatic rings. The van der Waals surface area contributed by atoms with Crippen molar-refractivity contribution in [2.75, 3.05) is 0 Å². The van der Waals surface area contributed by atoms with E-state index in [0.29, 0.717) is 35.7 Å². The molecule has 0 radical (unpaired) electrons. The fourth-order valence-corrected chi connectivity index (χ4v) is 3.66. The van der Waals surface area contributed by atoms with E-state index in [2.05, 4.69) is 4.99 Å². The zero-order valence-corrected chi connectivity index (χ0v) is 14.0. The molecule has 0 saturated heterocycles. The summed E-state index contributed by atoms with van der Waals surface area (Å²) in [6.07, 6.45) is 1.92. The maximum absolute atomic E-state index is 12.9. The van der Waals surface area contributed by atoms with E-state index < -0.39 is 23.6 Å². The molecule has 128 valence electrons. The average molecular weight is 350 g/mol. The van der Waals surface area contributed by atoms with E-state index in [1.165, 1.54) is 0 Å². The molecular formula is C17H20ClN3O3. The van der Waals surface area contributed by atoms with Gasteiger partial charge in [0.1, 0.15) is 0 Å². The van der Waals surface area contributed by atoms with Gasteiger partial charge in [0.15, 0.2) is 11.6 Å². The summed E-state index contributed by atoms with van der Waals surface area (Å²) in [4.78, 5) is 28.5. The Balaban J connectivity index is 2.01. The van der Waals surface area contributed by atoms with Crippen LogP contribution in [0.15, 0.2) is 29.3 Å². The van der Waals surface area contributed by atoms with Gasteiger partial charge in [-0.25, -0.2) is 4.99 Å². The summed E-state index contributed by atoms with van der Waals surface area (Å²) < 4.78 is 5.73. The molecule has 0 aromatic heterocycles. The zero-order valence-electron chi connectivity index (χ0n) is 13.2. The van der Waals surface area contributed by atoms with Crippen molar-refractivity contribution in [1.82, 2.24) is 0 Å². The molecule has 1 amide bonds. The van der Waals surface area contributed by atoms with E-state index in [1.54, 1.807) is 6.07 Å². The molecule has 1 aromatic carbocycles. The Bertz CT molecular complexity index is 706. The second-order valence-electron chi connectivity index (χ2n) is 6.26. The number of hydrogen-bond acceptors (Lipinski definition) is 5. The standard InChI is InChI=1S/C17H20ClN3O3/c18-11-5-2-1-4-10(11)17-9-3-6-13(15(17)23)24-16(21-17)12(19)7-8-14(20)22/h1-2,4-5,12-13H,3,6-9,19H2,(H2,20,22). The smallest absolute Gasteiger partial charge is 0.217 e. The summed E-state index contributed by atoms with van der Waals surface area (Å²) in [5.74, 6) is -0.202.